The minimum atomic E-state index is -0.0508. The van der Waals surface area contributed by atoms with Gasteiger partial charge in [0, 0.05) is 17.5 Å². The monoisotopic (exact) mass is 231 g/mol. The molecule has 2 aromatic rings. The second kappa shape index (κ2) is 5.03. The van der Waals surface area contributed by atoms with Gasteiger partial charge < -0.3 is 0 Å². The Bertz CT molecular complexity index is 450. The Morgan fingerprint density at radius 1 is 1.38 bits per heavy atom. The number of nitrogens with zero attached hydrogens (tertiary/aromatic N) is 1. The molecule has 2 rings (SSSR count). The summed E-state index contributed by atoms with van der Waals surface area (Å²) >= 11 is 1.53. The van der Waals surface area contributed by atoms with Crippen molar-refractivity contribution in [2.24, 2.45) is 0 Å². The smallest absolute Gasteiger partial charge is 0.146 e. The van der Waals surface area contributed by atoms with E-state index in [1.165, 1.54) is 11.3 Å². The molecule has 0 aliphatic carbocycles. The predicted octanol–water partition coefficient (Wildman–Crippen LogP) is 3.06. The molecule has 0 amide bonds. The van der Waals surface area contributed by atoms with Gasteiger partial charge in [0.15, 0.2) is 0 Å². The molecule has 0 fully saturated rings. The highest BCUT2D eigenvalue weighted by Gasteiger charge is 2.15. The topological polar surface area (TPSA) is 30.0 Å². The van der Waals surface area contributed by atoms with E-state index in [1.54, 1.807) is 6.20 Å². The Hall–Kier alpha value is -1.48. The number of Topliss-reactive ketones (excluding diaryl/α,β-unsaturated/α-hetero) is 1. The SMILES string of the molecule is CC(C(=O)Cc1nccs1)c1ccccc1. The first kappa shape index (κ1) is 11.0. The second-order valence-electron chi connectivity index (χ2n) is 3.70. The van der Waals surface area contributed by atoms with E-state index >= 15 is 0 Å². The molecule has 0 saturated carbocycles. The van der Waals surface area contributed by atoms with E-state index in [2.05, 4.69) is 4.98 Å². The maximum absolute atomic E-state index is 12.0. The molecule has 0 aliphatic heterocycles. The summed E-state index contributed by atoms with van der Waals surface area (Å²) < 4.78 is 0. The van der Waals surface area contributed by atoms with Crippen LogP contribution in [-0.2, 0) is 11.2 Å². The number of hydrogen-bond donors (Lipinski definition) is 0. The quantitative estimate of drug-likeness (QED) is 0.809. The first-order valence-electron chi connectivity index (χ1n) is 5.23. The highest BCUT2D eigenvalue weighted by molar-refractivity contribution is 7.09. The molecule has 0 saturated heterocycles. The van der Waals surface area contributed by atoms with Gasteiger partial charge in [0.1, 0.15) is 5.78 Å². The van der Waals surface area contributed by atoms with Crippen LogP contribution in [0.3, 0.4) is 0 Å². The molecule has 82 valence electrons. The maximum atomic E-state index is 12.0. The summed E-state index contributed by atoms with van der Waals surface area (Å²) in [5.74, 6) is 0.172. The number of rotatable bonds is 4. The third-order valence-electron chi connectivity index (χ3n) is 2.59. The van der Waals surface area contributed by atoms with Gasteiger partial charge >= 0.3 is 0 Å². The fourth-order valence-electron chi connectivity index (χ4n) is 1.57. The van der Waals surface area contributed by atoms with Crippen LogP contribution < -0.4 is 0 Å². The van der Waals surface area contributed by atoms with E-state index in [0.717, 1.165) is 10.6 Å². The molecule has 0 spiro atoms. The largest absolute Gasteiger partial charge is 0.299 e. The molecule has 3 heteroatoms. The van der Waals surface area contributed by atoms with Crippen molar-refractivity contribution in [2.75, 3.05) is 0 Å². The van der Waals surface area contributed by atoms with Gasteiger partial charge in [-0.25, -0.2) is 4.98 Å². The number of carbonyl (C=O) groups excluding carboxylic acids is 1. The number of carbonyl (C=O) groups is 1. The fourth-order valence-corrected chi connectivity index (χ4v) is 2.20. The van der Waals surface area contributed by atoms with Gasteiger partial charge in [0.25, 0.3) is 0 Å². The standard InChI is InChI=1S/C13H13NOS/c1-10(11-5-3-2-4-6-11)12(15)9-13-14-7-8-16-13/h2-8,10H,9H2,1H3. The summed E-state index contributed by atoms with van der Waals surface area (Å²) in [5.41, 5.74) is 1.07. The summed E-state index contributed by atoms with van der Waals surface area (Å²) in [6.45, 7) is 1.95. The first-order valence-corrected chi connectivity index (χ1v) is 6.11. The van der Waals surface area contributed by atoms with E-state index in [1.807, 2.05) is 42.6 Å². The zero-order valence-corrected chi connectivity index (χ0v) is 9.91. The molecule has 1 aromatic heterocycles. The van der Waals surface area contributed by atoms with E-state index < -0.39 is 0 Å². The van der Waals surface area contributed by atoms with Crippen LogP contribution in [0.2, 0.25) is 0 Å². The summed E-state index contributed by atoms with van der Waals surface area (Å²) in [5, 5.41) is 2.79. The van der Waals surface area contributed by atoms with Gasteiger partial charge in [-0.05, 0) is 5.56 Å². The molecule has 1 unspecified atom stereocenters. The molecular weight excluding hydrogens is 218 g/mol. The normalized spacial score (nSPS) is 12.3. The van der Waals surface area contributed by atoms with Gasteiger partial charge in [-0.15, -0.1) is 11.3 Å². The van der Waals surface area contributed by atoms with Crippen LogP contribution in [0.4, 0.5) is 0 Å². The number of aromatic nitrogens is 1. The van der Waals surface area contributed by atoms with Crippen molar-refractivity contribution >= 4 is 17.1 Å². The highest BCUT2D eigenvalue weighted by atomic mass is 32.1. The lowest BCUT2D eigenvalue weighted by atomic mass is 9.95. The summed E-state index contributed by atoms with van der Waals surface area (Å²) in [6, 6.07) is 9.86. The van der Waals surface area contributed by atoms with E-state index in [0.29, 0.717) is 6.42 Å². The van der Waals surface area contributed by atoms with E-state index in [4.69, 9.17) is 0 Å². The van der Waals surface area contributed by atoms with Crippen LogP contribution in [0.1, 0.15) is 23.4 Å². The van der Waals surface area contributed by atoms with Gasteiger partial charge in [-0.3, -0.25) is 4.79 Å². The Morgan fingerprint density at radius 2 is 2.12 bits per heavy atom. The van der Waals surface area contributed by atoms with Crippen LogP contribution in [0, 0.1) is 0 Å². The fraction of sp³-hybridized carbons (Fsp3) is 0.231. The molecule has 0 aliphatic rings. The summed E-state index contributed by atoms with van der Waals surface area (Å²) in [6.07, 6.45) is 2.17. The molecule has 16 heavy (non-hydrogen) atoms. The van der Waals surface area contributed by atoms with Crippen molar-refractivity contribution in [3.8, 4) is 0 Å². The third-order valence-corrected chi connectivity index (χ3v) is 3.37. The van der Waals surface area contributed by atoms with Crippen molar-refractivity contribution in [2.45, 2.75) is 19.3 Å². The summed E-state index contributed by atoms with van der Waals surface area (Å²) in [4.78, 5) is 16.1. The molecule has 0 N–H and O–H groups in total. The van der Waals surface area contributed by atoms with E-state index in [-0.39, 0.29) is 11.7 Å². The maximum Gasteiger partial charge on any atom is 0.146 e. The molecule has 2 nitrogen and oxygen atoms in total. The highest BCUT2D eigenvalue weighted by Crippen LogP contribution is 2.18. The number of ketones is 1. The lowest BCUT2D eigenvalue weighted by Crippen LogP contribution is -2.11. The minimum Gasteiger partial charge on any atom is -0.299 e. The Labute approximate surface area is 99.0 Å². The van der Waals surface area contributed by atoms with Crippen LogP contribution in [0.25, 0.3) is 0 Å². The van der Waals surface area contributed by atoms with Crippen LogP contribution in [-0.4, -0.2) is 10.8 Å². The average molecular weight is 231 g/mol. The number of hydrogen-bond acceptors (Lipinski definition) is 3. The van der Waals surface area contributed by atoms with Crippen molar-refractivity contribution in [1.82, 2.24) is 4.98 Å². The van der Waals surface area contributed by atoms with Gasteiger partial charge in [-0.2, -0.15) is 0 Å². The predicted molar refractivity (Wildman–Crippen MR) is 65.7 cm³/mol. The lowest BCUT2D eigenvalue weighted by molar-refractivity contribution is -0.119. The Kier molecular flexibility index (Phi) is 3.47. The zero-order chi connectivity index (χ0) is 11.4. The van der Waals surface area contributed by atoms with Crippen molar-refractivity contribution < 1.29 is 4.79 Å². The molecule has 0 radical (unpaired) electrons. The van der Waals surface area contributed by atoms with Crippen LogP contribution >= 0.6 is 11.3 Å². The minimum absolute atomic E-state index is 0.0508. The Morgan fingerprint density at radius 3 is 2.75 bits per heavy atom. The van der Waals surface area contributed by atoms with Crippen molar-refractivity contribution in [1.29, 1.82) is 0 Å². The average Bonchev–Trinajstić information content (AvgIpc) is 2.82. The molecule has 0 bridgehead atoms. The summed E-state index contributed by atoms with van der Waals surface area (Å²) in [7, 11) is 0. The lowest BCUT2D eigenvalue weighted by Gasteiger charge is -2.09. The zero-order valence-electron chi connectivity index (χ0n) is 9.09. The van der Waals surface area contributed by atoms with Gasteiger partial charge in [0.2, 0.25) is 0 Å². The molecular formula is C13H13NOS. The Balaban J connectivity index is 2.05. The number of benzene rings is 1. The van der Waals surface area contributed by atoms with Crippen LogP contribution in [0.5, 0.6) is 0 Å². The molecule has 1 heterocycles. The van der Waals surface area contributed by atoms with Crippen molar-refractivity contribution in [3.63, 3.8) is 0 Å². The van der Waals surface area contributed by atoms with E-state index in [9.17, 15) is 4.79 Å². The van der Waals surface area contributed by atoms with Crippen molar-refractivity contribution in [3.05, 3.63) is 52.5 Å². The molecule has 1 atom stereocenters. The van der Waals surface area contributed by atoms with Crippen LogP contribution in [0.15, 0.2) is 41.9 Å². The van der Waals surface area contributed by atoms with Gasteiger partial charge in [0.05, 0.1) is 11.4 Å². The molecule has 1 aromatic carbocycles. The number of thiazole rings is 1. The van der Waals surface area contributed by atoms with Gasteiger partial charge in [-0.1, -0.05) is 37.3 Å². The first-order chi connectivity index (χ1) is 7.77. The third kappa shape index (κ3) is 2.55. The second-order valence-corrected chi connectivity index (χ2v) is 4.68.